The van der Waals surface area contributed by atoms with Gasteiger partial charge in [-0.25, -0.2) is 0 Å². The van der Waals surface area contributed by atoms with Gasteiger partial charge in [-0.2, -0.15) is 0 Å². The molecule has 0 radical (unpaired) electrons. The summed E-state index contributed by atoms with van der Waals surface area (Å²) in [6.07, 6.45) is 2.39. The molecule has 0 aromatic heterocycles. The van der Waals surface area contributed by atoms with Gasteiger partial charge in [-0.15, -0.1) is 0 Å². The van der Waals surface area contributed by atoms with Gasteiger partial charge in [-0.05, 0) is 37.0 Å². The highest BCUT2D eigenvalue weighted by molar-refractivity contribution is 6.35. The normalized spacial score (nSPS) is 24.3. The van der Waals surface area contributed by atoms with Crippen molar-refractivity contribution in [1.82, 2.24) is 0 Å². The quantitative estimate of drug-likeness (QED) is 0.877. The minimum absolute atomic E-state index is 0.339. The molecule has 0 amide bonds. The molecule has 1 aromatic carbocycles. The van der Waals surface area contributed by atoms with Crippen molar-refractivity contribution in [1.29, 1.82) is 0 Å². The number of ether oxygens (including phenoxy) is 1. The Morgan fingerprint density at radius 3 is 2.50 bits per heavy atom. The first-order chi connectivity index (χ1) is 8.54. The zero-order valence-electron chi connectivity index (χ0n) is 10.7. The van der Waals surface area contributed by atoms with E-state index in [4.69, 9.17) is 27.9 Å². The Morgan fingerprint density at radius 2 is 1.89 bits per heavy atom. The van der Waals surface area contributed by atoms with E-state index in [0.717, 1.165) is 25.1 Å². The van der Waals surface area contributed by atoms with E-state index in [9.17, 15) is 0 Å². The van der Waals surface area contributed by atoms with Crippen LogP contribution in [0.15, 0.2) is 18.2 Å². The van der Waals surface area contributed by atoms with Gasteiger partial charge < -0.3 is 10.1 Å². The average Bonchev–Trinajstić information content (AvgIpc) is 2.27. The van der Waals surface area contributed by atoms with Crippen LogP contribution < -0.4 is 5.32 Å². The molecule has 1 heterocycles. The second-order valence-electron chi connectivity index (χ2n) is 5.18. The molecule has 0 saturated carbocycles. The number of benzene rings is 1. The summed E-state index contributed by atoms with van der Waals surface area (Å²) in [5, 5.41) is 4.83. The smallest absolute Gasteiger partial charge is 0.0617 e. The first-order valence-corrected chi connectivity index (χ1v) is 7.14. The van der Waals surface area contributed by atoms with Crippen molar-refractivity contribution < 1.29 is 4.74 Å². The molecule has 1 aromatic rings. The number of hydrogen-bond acceptors (Lipinski definition) is 2. The monoisotopic (exact) mass is 287 g/mol. The van der Waals surface area contributed by atoms with Crippen LogP contribution in [-0.2, 0) is 4.74 Å². The standard InChI is InChI=1S/C14H19Cl2NO/c1-9(2)14-8-12(3-4-18-14)17-13-6-10(15)5-11(16)7-13/h5-7,9,12,14,17H,3-4,8H2,1-2H3. The lowest BCUT2D eigenvalue weighted by molar-refractivity contribution is -0.0160. The molecule has 2 rings (SSSR count). The number of halogens is 2. The van der Waals surface area contributed by atoms with Crippen LogP contribution in [-0.4, -0.2) is 18.8 Å². The fourth-order valence-electron chi connectivity index (χ4n) is 2.30. The average molecular weight is 288 g/mol. The molecular weight excluding hydrogens is 269 g/mol. The van der Waals surface area contributed by atoms with Gasteiger partial charge >= 0.3 is 0 Å². The minimum Gasteiger partial charge on any atom is -0.382 e. The number of rotatable bonds is 3. The molecule has 1 saturated heterocycles. The Bertz CT molecular complexity index is 389. The molecule has 1 N–H and O–H groups in total. The topological polar surface area (TPSA) is 21.3 Å². The fourth-order valence-corrected chi connectivity index (χ4v) is 2.82. The maximum Gasteiger partial charge on any atom is 0.0617 e. The highest BCUT2D eigenvalue weighted by Crippen LogP contribution is 2.26. The molecule has 2 unspecified atom stereocenters. The Kier molecular flexibility index (Phi) is 4.77. The lowest BCUT2D eigenvalue weighted by Gasteiger charge is -2.33. The van der Waals surface area contributed by atoms with Crippen molar-refractivity contribution in [3.63, 3.8) is 0 Å². The number of nitrogens with one attached hydrogen (secondary N) is 1. The van der Waals surface area contributed by atoms with E-state index in [2.05, 4.69) is 19.2 Å². The van der Waals surface area contributed by atoms with Crippen LogP contribution in [0, 0.1) is 5.92 Å². The number of anilines is 1. The summed E-state index contributed by atoms with van der Waals surface area (Å²) < 4.78 is 5.76. The van der Waals surface area contributed by atoms with Gasteiger partial charge in [0.1, 0.15) is 0 Å². The SMILES string of the molecule is CC(C)C1CC(Nc2cc(Cl)cc(Cl)c2)CCO1. The second kappa shape index (κ2) is 6.14. The van der Waals surface area contributed by atoms with Crippen molar-refractivity contribution in [3.05, 3.63) is 28.2 Å². The van der Waals surface area contributed by atoms with Crippen LogP contribution in [0.5, 0.6) is 0 Å². The Balaban J connectivity index is 2.00. The molecular formula is C14H19Cl2NO. The summed E-state index contributed by atoms with van der Waals surface area (Å²) in [6, 6.07) is 6.00. The van der Waals surface area contributed by atoms with E-state index in [0.29, 0.717) is 28.1 Å². The van der Waals surface area contributed by atoms with Crippen LogP contribution >= 0.6 is 23.2 Å². The third-order valence-electron chi connectivity index (χ3n) is 3.29. The van der Waals surface area contributed by atoms with Gasteiger partial charge in [-0.1, -0.05) is 37.0 Å². The molecule has 2 nitrogen and oxygen atoms in total. The van der Waals surface area contributed by atoms with E-state index < -0.39 is 0 Å². The lowest BCUT2D eigenvalue weighted by atomic mass is 9.95. The van der Waals surface area contributed by atoms with Crippen LogP contribution in [0.25, 0.3) is 0 Å². The molecule has 0 aliphatic carbocycles. The van der Waals surface area contributed by atoms with E-state index in [1.165, 1.54) is 0 Å². The van der Waals surface area contributed by atoms with Gasteiger partial charge in [0.15, 0.2) is 0 Å². The number of hydrogen-bond donors (Lipinski definition) is 1. The van der Waals surface area contributed by atoms with Crippen molar-refractivity contribution in [3.8, 4) is 0 Å². The first-order valence-electron chi connectivity index (χ1n) is 6.39. The largest absolute Gasteiger partial charge is 0.382 e. The summed E-state index contributed by atoms with van der Waals surface area (Å²) in [6.45, 7) is 5.21. The van der Waals surface area contributed by atoms with E-state index in [1.54, 1.807) is 6.07 Å². The zero-order chi connectivity index (χ0) is 13.1. The van der Waals surface area contributed by atoms with Crippen LogP contribution in [0.2, 0.25) is 10.0 Å². The lowest BCUT2D eigenvalue weighted by Crippen LogP contribution is -2.36. The molecule has 4 heteroatoms. The van der Waals surface area contributed by atoms with E-state index >= 15 is 0 Å². The summed E-state index contributed by atoms with van der Waals surface area (Å²) in [4.78, 5) is 0. The van der Waals surface area contributed by atoms with Gasteiger partial charge in [-0.3, -0.25) is 0 Å². The predicted octanol–water partition coefficient (Wildman–Crippen LogP) is 4.61. The molecule has 1 aliphatic heterocycles. The fraction of sp³-hybridized carbons (Fsp3) is 0.571. The predicted molar refractivity (Wildman–Crippen MR) is 77.7 cm³/mol. The van der Waals surface area contributed by atoms with Crippen molar-refractivity contribution in [2.45, 2.75) is 38.8 Å². The van der Waals surface area contributed by atoms with Gasteiger partial charge in [0.05, 0.1) is 6.10 Å². The molecule has 1 fully saturated rings. The molecule has 0 bridgehead atoms. The zero-order valence-corrected chi connectivity index (χ0v) is 12.3. The van der Waals surface area contributed by atoms with Crippen LogP contribution in [0.3, 0.4) is 0 Å². The summed E-state index contributed by atoms with van der Waals surface area (Å²) in [7, 11) is 0. The summed E-state index contributed by atoms with van der Waals surface area (Å²) >= 11 is 12.0. The Hall–Kier alpha value is -0.440. The third-order valence-corrected chi connectivity index (χ3v) is 3.73. The highest BCUT2D eigenvalue weighted by Gasteiger charge is 2.24. The van der Waals surface area contributed by atoms with Crippen molar-refractivity contribution in [2.75, 3.05) is 11.9 Å². The Morgan fingerprint density at radius 1 is 1.22 bits per heavy atom. The maximum atomic E-state index is 6.00. The molecule has 100 valence electrons. The third kappa shape index (κ3) is 3.78. The molecule has 1 aliphatic rings. The molecule has 18 heavy (non-hydrogen) atoms. The molecule has 2 atom stereocenters. The van der Waals surface area contributed by atoms with Crippen LogP contribution in [0.1, 0.15) is 26.7 Å². The van der Waals surface area contributed by atoms with Crippen molar-refractivity contribution in [2.24, 2.45) is 5.92 Å². The highest BCUT2D eigenvalue weighted by atomic mass is 35.5. The van der Waals surface area contributed by atoms with Gasteiger partial charge in [0.2, 0.25) is 0 Å². The first kappa shape index (κ1) is 14.0. The second-order valence-corrected chi connectivity index (χ2v) is 6.05. The van der Waals surface area contributed by atoms with Gasteiger partial charge in [0, 0.05) is 28.4 Å². The summed E-state index contributed by atoms with van der Waals surface area (Å²) in [5.41, 5.74) is 0.988. The maximum absolute atomic E-state index is 6.00. The minimum atomic E-state index is 0.339. The summed E-state index contributed by atoms with van der Waals surface area (Å²) in [5.74, 6) is 0.553. The Labute approximate surface area is 119 Å². The van der Waals surface area contributed by atoms with E-state index in [-0.39, 0.29) is 0 Å². The van der Waals surface area contributed by atoms with Crippen LogP contribution in [0.4, 0.5) is 5.69 Å². The van der Waals surface area contributed by atoms with E-state index in [1.807, 2.05) is 12.1 Å². The van der Waals surface area contributed by atoms with Crippen molar-refractivity contribution >= 4 is 28.9 Å². The van der Waals surface area contributed by atoms with Gasteiger partial charge in [0.25, 0.3) is 0 Å². The molecule has 0 spiro atoms.